The molecule has 4 rings (SSSR count). The first-order valence-electron chi connectivity index (χ1n) is 9.85. The molecular formula is C21H26ClN3O2S. The van der Waals surface area contributed by atoms with Crippen LogP contribution >= 0.6 is 11.6 Å². The maximum atomic E-state index is 13.1. The predicted octanol–water partition coefficient (Wildman–Crippen LogP) is 3.80. The lowest BCUT2D eigenvalue weighted by atomic mass is 9.73. The van der Waals surface area contributed by atoms with Crippen molar-refractivity contribution in [3.8, 4) is 0 Å². The lowest BCUT2D eigenvalue weighted by molar-refractivity contribution is 0.0495. The van der Waals surface area contributed by atoms with E-state index in [4.69, 9.17) is 11.6 Å². The highest BCUT2D eigenvalue weighted by molar-refractivity contribution is 7.89. The zero-order valence-electron chi connectivity index (χ0n) is 15.9. The van der Waals surface area contributed by atoms with Crippen molar-refractivity contribution >= 4 is 21.6 Å². The number of aromatic nitrogens is 1. The zero-order chi connectivity index (χ0) is 19.6. The molecule has 5 nitrogen and oxygen atoms in total. The SMILES string of the molecule is O=S(=O)(c1ccc(Cl)nc1)N1CCCC2(CCN(Cc3ccccc3)CC2)C1. The topological polar surface area (TPSA) is 53.5 Å². The molecule has 28 heavy (non-hydrogen) atoms. The van der Waals surface area contributed by atoms with Crippen LogP contribution in [0.5, 0.6) is 0 Å². The highest BCUT2D eigenvalue weighted by Crippen LogP contribution is 2.41. The fourth-order valence-electron chi connectivity index (χ4n) is 4.47. The second-order valence-electron chi connectivity index (χ2n) is 8.02. The van der Waals surface area contributed by atoms with E-state index >= 15 is 0 Å². The van der Waals surface area contributed by atoms with Gasteiger partial charge in [-0.3, -0.25) is 4.90 Å². The van der Waals surface area contributed by atoms with Crippen LogP contribution in [0.2, 0.25) is 5.15 Å². The Labute approximate surface area is 172 Å². The van der Waals surface area contributed by atoms with Gasteiger partial charge in [0.25, 0.3) is 0 Å². The van der Waals surface area contributed by atoms with Gasteiger partial charge in [-0.1, -0.05) is 41.9 Å². The van der Waals surface area contributed by atoms with Crippen LogP contribution in [0.1, 0.15) is 31.2 Å². The molecule has 1 aromatic heterocycles. The second-order valence-corrected chi connectivity index (χ2v) is 10.3. The number of hydrogen-bond donors (Lipinski definition) is 0. The summed E-state index contributed by atoms with van der Waals surface area (Å²) in [5.74, 6) is 0. The van der Waals surface area contributed by atoms with Gasteiger partial charge in [0, 0.05) is 25.8 Å². The van der Waals surface area contributed by atoms with E-state index in [1.807, 2.05) is 6.07 Å². The number of hydrogen-bond acceptors (Lipinski definition) is 4. The lowest BCUT2D eigenvalue weighted by Gasteiger charge is -2.47. The maximum Gasteiger partial charge on any atom is 0.244 e. The number of likely N-dealkylation sites (tertiary alicyclic amines) is 1. The van der Waals surface area contributed by atoms with Gasteiger partial charge in [-0.15, -0.1) is 0 Å². The first-order valence-corrected chi connectivity index (χ1v) is 11.7. The number of piperidine rings is 2. The second kappa shape index (κ2) is 8.11. The first kappa shape index (κ1) is 19.8. The fourth-order valence-corrected chi connectivity index (χ4v) is 6.12. The molecule has 0 aliphatic carbocycles. The Bertz CT molecular complexity index is 895. The van der Waals surface area contributed by atoms with E-state index in [1.54, 1.807) is 10.4 Å². The fraction of sp³-hybridized carbons (Fsp3) is 0.476. The summed E-state index contributed by atoms with van der Waals surface area (Å²) in [6.45, 7) is 4.20. The van der Waals surface area contributed by atoms with Crippen molar-refractivity contribution in [2.45, 2.75) is 37.1 Å². The molecule has 1 aromatic carbocycles. The minimum atomic E-state index is -3.52. The van der Waals surface area contributed by atoms with Crippen LogP contribution in [0, 0.1) is 5.41 Å². The third kappa shape index (κ3) is 4.25. The van der Waals surface area contributed by atoms with E-state index < -0.39 is 10.0 Å². The summed E-state index contributed by atoms with van der Waals surface area (Å²) in [7, 11) is -3.52. The molecule has 2 aromatic rings. The molecule has 3 heterocycles. The summed E-state index contributed by atoms with van der Waals surface area (Å²) in [4.78, 5) is 6.66. The number of halogens is 1. The molecule has 150 valence electrons. The van der Waals surface area contributed by atoms with Crippen molar-refractivity contribution in [3.63, 3.8) is 0 Å². The molecule has 1 spiro atoms. The molecule has 0 saturated carbocycles. The number of benzene rings is 1. The Hall–Kier alpha value is -1.47. The summed E-state index contributed by atoms with van der Waals surface area (Å²) in [5.41, 5.74) is 1.43. The third-order valence-electron chi connectivity index (χ3n) is 6.13. The summed E-state index contributed by atoms with van der Waals surface area (Å²) >= 11 is 5.81. The smallest absolute Gasteiger partial charge is 0.244 e. The van der Waals surface area contributed by atoms with E-state index in [9.17, 15) is 8.42 Å². The van der Waals surface area contributed by atoms with E-state index in [-0.39, 0.29) is 10.3 Å². The minimum absolute atomic E-state index is 0.0956. The van der Waals surface area contributed by atoms with Gasteiger partial charge in [-0.05, 0) is 61.9 Å². The Balaban J connectivity index is 1.42. The summed E-state index contributed by atoms with van der Waals surface area (Å²) < 4.78 is 27.8. The molecule has 0 unspecified atom stereocenters. The molecule has 2 aliphatic heterocycles. The van der Waals surface area contributed by atoms with E-state index in [0.29, 0.717) is 18.2 Å². The Kier molecular flexibility index (Phi) is 5.74. The van der Waals surface area contributed by atoms with Crippen molar-refractivity contribution in [1.82, 2.24) is 14.2 Å². The van der Waals surface area contributed by atoms with Gasteiger partial charge in [0.1, 0.15) is 10.0 Å². The number of pyridine rings is 1. The van der Waals surface area contributed by atoms with Crippen molar-refractivity contribution in [1.29, 1.82) is 0 Å². The Morgan fingerprint density at radius 1 is 1.00 bits per heavy atom. The molecule has 0 bridgehead atoms. The normalized spacial score (nSPS) is 21.0. The Morgan fingerprint density at radius 2 is 1.75 bits per heavy atom. The number of sulfonamides is 1. The summed E-state index contributed by atoms with van der Waals surface area (Å²) in [6, 6.07) is 13.6. The van der Waals surface area contributed by atoms with Gasteiger partial charge in [-0.25, -0.2) is 13.4 Å². The van der Waals surface area contributed by atoms with Gasteiger partial charge in [0.2, 0.25) is 10.0 Å². The minimum Gasteiger partial charge on any atom is -0.299 e. The lowest BCUT2D eigenvalue weighted by Crippen LogP contribution is -2.50. The van der Waals surface area contributed by atoms with Gasteiger partial charge < -0.3 is 0 Å². The average molecular weight is 420 g/mol. The van der Waals surface area contributed by atoms with Gasteiger partial charge in [-0.2, -0.15) is 4.31 Å². The van der Waals surface area contributed by atoms with E-state index in [1.165, 1.54) is 17.8 Å². The van der Waals surface area contributed by atoms with Crippen molar-refractivity contribution in [3.05, 3.63) is 59.4 Å². The van der Waals surface area contributed by atoms with Gasteiger partial charge in [0.05, 0.1) is 0 Å². The van der Waals surface area contributed by atoms with Crippen LogP contribution < -0.4 is 0 Å². The average Bonchev–Trinajstić information content (AvgIpc) is 2.71. The summed E-state index contributed by atoms with van der Waals surface area (Å²) in [6.07, 6.45) is 5.48. The molecule has 0 N–H and O–H groups in total. The highest BCUT2D eigenvalue weighted by Gasteiger charge is 2.42. The molecule has 2 fully saturated rings. The van der Waals surface area contributed by atoms with Crippen LogP contribution in [-0.4, -0.2) is 48.8 Å². The van der Waals surface area contributed by atoms with Crippen LogP contribution in [0.25, 0.3) is 0 Å². The molecular weight excluding hydrogens is 394 g/mol. The standard InChI is InChI=1S/C21H26ClN3O2S/c22-20-8-7-19(15-23-20)28(26,27)25-12-4-9-21(17-25)10-13-24(14-11-21)16-18-5-2-1-3-6-18/h1-3,5-8,15H,4,9-14,16-17H2. The molecule has 0 radical (unpaired) electrons. The highest BCUT2D eigenvalue weighted by atomic mass is 35.5. The molecule has 2 saturated heterocycles. The van der Waals surface area contributed by atoms with Crippen LogP contribution in [-0.2, 0) is 16.6 Å². The summed E-state index contributed by atoms with van der Waals surface area (Å²) in [5, 5.41) is 0.305. The largest absolute Gasteiger partial charge is 0.299 e. The van der Waals surface area contributed by atoms with Crippen molar-refractivity contribution in [2.24, 2.45) is 5.41 Å². The molecule has 0 amide bonds. The monoisotopic (exact) mass is 419 g/mol. The van der Waals surface area contributed by atoms with Crippen molar-refractivity contribution < 1.29 is 8.42 Å². The quantitative estimate of drug-likeness (QED) is 0.707. The van der Waals surface area contributed by atoms with Crippen molar-refractivity contribution in [2.75, 3.05) is 26.2 Å². The zero-order valence-corrected chi connectivity index (χ0v) is 17.5. The van der Waals surface area contributed by atoms with Crippen LogP contribution in [0.15, 0.2) is 53.6 Å². The molecule has 7 heteroatoms. The number of rotatable bonds is 4. The third-order valence-corrected chi connectivity index (χ3v) is 8.18. The maximum absolute atomic E-state index is 13.1. The van der Waals surface area contributed by atoms with E-state index in [2.05, 4.69) is 34.1 Å². The molecule has 2 aliphatic rings. The first-order chi connectivity index (χ1) is 13.5. The predicted molar refractivity (Wildman–Crippen MR) is 111 cm³/mol. The van der Waals surface area contributed by atoms with Crippen LogP contribution in [0.3, 0.4) is 0 Å². The van der Waals surface area contributed by atoms with Crippen LogP contribution in [0.4, 0.5) is 0 Å². The number of nitrogens with zero attached hydrogens (tertiary/aromatic N) is 3. The Morgan fingerprint density at radius 3 is 2.43 bits per heavy atom. The van der Waals surface area contributed by atoms with Gasteiger partial charge in [0.15, 0.2) is 0 Å². The molecule has 0 atom stereocenters. The van der Waals surface area contributed by atoms with E-state index in [0.717, 1.165) is 45.3 Å². The van der Waals surface area contributed by atoms with Gasteiger partial charge >= 0.3 is 0 Å².